The van der Waals surface area contributed by atoms with Gasteiger partial charge in [-0.3, -0.25) is 4.79 Å². The standard InChI is InChI=1S/C22H21N5O/c1-16-20(26-21(25-16)18-6-3-2-4-7-18)22(28)23-14-12-17-8-10-19(11-9-17)27-15-5-13-24-27/h2-11,13,15H,12,14H2,1H3,(H,23,28)(H,25,26). The van der Waals surface area contributed by atoms with Crippen LogP contribution < -0.4 is 5.32 Å². The minimum Gasteiger partial charge on any atom is -0.350 e. The van der Waals surface area contributed by atoms with Gasteiger partial charge >= 0.3 is 0 Å². The van der Waals surface area contributed by atoms with Crippen molar-refractivity contribution in [1.82, 2.24) is 25.1 Å². The summed E-state index contributed by atoms with van der Waals surface area (Å²) in [7, 11) is 0. The van der Waals surface area contributed by atoms with Gasteiger partial charge in [-0.25, -0.2) is 9.67 Å². The van der Waals surface area contributed by atoms with Crippen LogP contribution in [0.3, 0.4) is 0 Å². The maximum Gasteiger partial charge on any atom is 0.271 e. The Bertz CT molecular complexity index is 1050. The largest absolute Gasteiger partial charge is 0.350 e. The molecule has 0 radical (unpaired) electrons. The average Bonchev–Trinajstić information content (AvgIpc) is 3.39. The maximum atomic E-state index is 12.5. The normalized spacial score (nSPS) is 10.8. The minimum atomic E-state index is -0.163. The number of amides is 1. The molecule has 2 aromatic heterocycles. The van der Waals surface area contributed by atoms with Crippen molar-refractivity contribution in [3.05, 3.63) is 90.0 Å². The van der Waals surface area contributed by atoms with E-state index >= 15 is 0 Å². The molecule has 1 amide bonds. The van der Waals surface area contributed by atoms with Crippen LogP contribution in [-0.4, -0.2) is 32.2 Å². The summed E-state index contributed by atoms with van der Waals surface area (Å²) in [4.78, 5) is 20.2. The van der Waals surface area contributed by atoms with Gasteiger partial charge in [-0.2, -0.15) is 5.10 Å². The lowest BCUT2D eigenvalue weighted by atomic mass is 10.1. The number of imidazole rings is 1. The predicted octanol–water partition coefficient (Wildman–Crippen LogP) is 3.54. The van der Waals surface area contributed by atoms with Crippen molar-refractivity contribution in [3.63, 3.8) is 0 Å². The van der Waals surface area contributed by atoms with E-state index in [-0.39, 0.29) is 5.91 Å². The summed E-state index contributed by atoms with van der Waals surface area (Å²) >= 11 is 0. The van der Waals surface area contributed by atoms with Gasteiger partial charge in [-0.1, -0.05) is 42.5 Å². The summed E-state index contributed by atoms with van der Waals surface area (Å²) in [6.07, 6.45) is 4.41. The van der Waals surface area contributed by atoms with Crippen molar-refractivity contribution in [3.8, 4) is 17.1 Å². The number of aryl methyl sites for hydroxylation is 1. The van der Waals surface area contributed by atoms with Gasteiger partial charge in [0.25, 0.3) is 5.91 Å². The quantitative estimate of drug-likeness (QED) is 0.544. The summed E-state index contributed by atoms with van der Waals surface area (Å²) in [5.41, 5.74) is 4.33. The number of rotatable bonds is 6. The van der Waals surface area contributed by atoms with Crippen molar-refractivity contribution in [2.75, 3.05) is 6.54 Å². The lowest BCUT2D eigenvalue weighted by Crippen LogP contribution is -2.26. The molecule has 6 heteroatoms. The number of hydrogen-bond acceptors (Lipinski definition) is 3. The first kappa shape index (κ1) is 17.7. The highest BCUT2D eigenvalue weighted by atomic mass is 16.1. The Morgan fingerprint density at radius 1 is 1.07 bits per heavy atom. The molecule has 0 fully saturated rings. The number of H-pyrrole nitrogens is 1. The van der Waals surface area contributed by atoms with E-state index in [1.54, 1.807) is 6.20 Å². The zero-order chi connectivity index (χ0) is 19.3. The second-order valence-corrected chi connectivity index (χ2v) is 6.55. The Labute approximate surface area is 163 Å². The van der Waals surface area contributed by atoms with E-state index in [0.29, 0.717) is 18.1 Å². The molecule has 0 atom stereocenters. The molecule has 2 aromatic carbocycles. The van der Waals surface area contributed by atoms with E-state index < -0.39 is 0 Å². The number of aromatic nitrogens is 4. The van der Waals surface area contributed by atoms with E-state index in [2.05, 4.69) is 32.5 Å². The Kier molecular flexibility index (Phi) is 5.01. The fourth-order valence-corrected chi connectivity index (χ4v) is 3.06. The van der Waals surface area contributed by atoms with Crippen LogP contribution in [0.5, 0.6) is 0 Å². The first-order valence-corrected chi connectivity index (χ1v) is 9.20. The summed E-state index contributed by atoms with van der Waals surface area (Å²) in [6.45, 7) is 2.41. The fourth-order valence-electron chi connectivity index (χ4n) is 3.06. The van der Waals surface area contributed by atoms with Crippen molar-refractivity contribution in [2.45, 2.75) is 13.3 Å². The summed E-state index contributed by atoms with van der Waals surface area (Å²) in [5.74, 6) is 0.543. The lowest BCUT2D eigenvalue weighted by Gasteiger charge is -2.06. The van der Waals surface area contributed by atoms with E-state index in [9.17, 15) is 4.79 Å². The van der Waals surface area contributed by atoms with Crippen molar-refractivity contribution in [2.24, 2.45) is 0 Å². The van der Waals surface area contributed by atoms with Crippen LogP contribution in [0.4, 0.5) is 0 Å². The molecule has 28 heavy (non-hydrogen) atoms. The maximum absolute atomic E-state index is 12.5. The van der Waals surface area contributed by atoms with Gasteiger partial charge in [-0.05, 0) is 37.1 Å². The molecule has 6 nitrogen and oxygen atoms in total. The monoisotopic (exact) mass is 371 g/mol. The minimum absolute atomic E-state index is 0.163. The second-order valence-electron chi connectivity index (χ2n) is 6.55. The van der Waals surface area contributed by atoms with Crippen LogP contribution in [0, 0.1) is 6.92 Å². The van der Waals surface area contributed by atoms with Gasteiger partial charge in [0, 0.05) is 30.2 Å². The van der Waals surface area contributed by atoms with E-state index in [1.165, 1.54) is 0 Å². The van der Waals surface area contributed by atoms with Crippen LogP contribution in [0.15, 0.2) is 73.1 Å². The fraction of sp³-hybridized carbons (Fsp3) is 0.136. The highest BCUT2D eigenvalue weighted by Crippen LogP contribution is 2.17. The Morgan fingerprint density at radius 3 is 2.57 bits per heavy atom. The number of carbonyl (C=O) groups excluding carboxylic acids is 1. The number of aromatic amines is 1. The molecular formula is C22H21N5O. The van der Waals surface area contributed by atoms with Gasteiger partial charge in [0.05, 0.1) is 5.69 Å². The SMILES string of the molecule is Cc1[nH]c(-c2ccccc2)nc1C(=O)NCCc1ccc(-n2cccn2)cc1. The molecule has 4 aromatic rings. The molecule has 4 rings (SSSR count). The topological polar surface area (TPSA) is 75.6 Å². The first-order valence-electron chi connectivity index (χ1n) is 9.20. The molecule has 0 aliphatic carbocycles. The highest BCUT2D eigenvalue weighted by molar-refractivity contribution is 5.94. The Morgan fingerprint density at radius 2 is 1.86 bits per heavy atom. The van der Waals surface area contributed by atoms with Crippen LogP contribution in [0.25, 0.3) is 17.1 Å². The van der Waals surface area contributed by atoms with Gasteiger partial charge in [0.1, 0.15) is 11.5 Å². The highest BCUT2D eigenvalue weighted by Gasteiger charge is 2.15. The lowest BCUT2D eigenvalue weighted by molar-refractivity contribution is 0.0949. The smallest absolute Gasteiger partial charge is 0.271 e. The molecule has 2 N–H and O–H groups in total. The van der Waals surface area contributed by atoms with Crippen LogP contribution in [0.2, 0.25) is 0 Å². The van der Waals surface area contributed by atoms with E-state index in [1.807, 2.05) is 66.3 Å². The zero-order valence-corrected chi connectivity index (χ0v) is 15.6. The average molecular weight is 371 g/mol. The Balaban J connectivity index is 1.35. The number of benzene rings is 2. The van der Waals surface area contributed by atoms with Crippen LogP contribution in [0.1, 0.15) is 21.7 Å². The van der Waals surface area contributed by atoms with Crippen molar-refractivity contribution < 1.29 is 4.79 Å². The predicted molar refractivity (Wildman–Crippen MR) is 108 cm³/mol. The third-order valence-electron chi connectivity index (χ3n) is 4.55. The third kappa shape index (κ3) is 3.86. The van der Waals surface area contributed by atoms with Crippen LogP contribution >= 0.6 is 0 Å². The molecule has 0 bridgehead atoms. The van der Waals surface area contributed by atoms with Crippen molar-refractivity contribution in [1.29, 1.82) is 0 Å². The molecule has 0 aliphatic rings. The second kappa shape index (κ2) is 7.92. The van der Waals surface area contributed by atoms with Crippen molar-refractivity contribution >= 4 is 5.91 Å². The Hall–Kier alpha value is -3.67. The van der Waals surface area contributed by atoms with E-state index in [0.717, 1.165) is 28.9 Å². The summed E-state index contributed by atoms with van der Waals surface area (Å²) in [5, 5.41) is 7.17. The number of nitrogens with zero attached hydrogens (tertiary/aromatic N) is 3. The molecular weight excluding hydrogens is 350 g/mol. The molecule has 140 valence electrons. The molecule has 2 heterocycles. The van der Waals surface area contributed by atoms with Gasteiger partial charge in [0.15, 0.2) is 0 Å². The van der Waals surface area contributed by atoms with Gasteiger partial charge < -0.3 is 10.3 Å². The number of nitrogens with one attached hydrogen (secondary N) is 2. The number of carbonyl (C=O) groups is 1. The molecule has 0 saturated heterocycles. The third-order valence-corrected chi connectivity index (χ3v) is 4.55. The van der Waals surface area contributed by atoms with Gasteiger partial charge in [0.2, 0.25) is 0 Å². The van der Waals surface area contributed by atoms with E-state index in [4.69, 9.17) is 0 Å². The first-order chi connectivity index (χ1) is 13.7. The molecule has 0 spiro atoms. The summed E-state index contributed by atoms with van der Waals surface area (Å²) in [6, 6.07) is 19.8. The van der Waals surface area contributed by atoms with Gasteiger partial charge in [-0.15, -0.1) is 0 Å². The molecule has 0 unspecified atom stereocenters. The number of hydrogen-bond donors (Lipinski definition) is 2. The molecule has 0 aliphatic heterocycles. The zero-order valence-electron chi connectivity index (χ0n) is 15.6. The molecule has 0 saturated carbocycles. The van der Waals surface area contributed by atoms with Crippen LogP contribution in [-0.2, 0) is 6.42 Å². The summed E-state index contributed by atoms with van der Waals surface area (Å²) < 4.78 is 1.82.